The van der Waals surface area contributed by atoms with E-state index in [1.807, 2.05) is 11.8 Å². The third-order valence-electron chi connectivity index (χ3n) is 5.40. The van der Waals surface area contributed by atoms with Gasteiger partial charge in [-0.15, -0.1) is 12.4 Å². The molecule has 1 saturated heterocycles. The number of benzene rings is 1. The van der Waals surface area contributed by atoms with Crippen molar-refractivity contribution in [1.82, 2.24) is 19.9 Å². The maximum atomic E-state index is 14.2. The maximum absolute atomic E-state index is 14.2. The zero-order valence-electron chi connectivity index (χ0n) is 18.1. The van der Waals surface area contributed by atoms with Crippen LogP contribution in [0.2, 0.25) is 0 Å². The van der Waals surface area contributed by atoms with E-state index in [9.17, 15) is 9.18 Å². The lowest BCUT2D eigenvalue weighted by molar-refractivity contribution is -0.122. The van der Waals surface area contributed by atoms with Crippen LogP contribution in [0.15, 0.2) is 48.9 Å². The van der Waals surface area contributed by atoms with Crippen LogP contribution in [0.1, 0.15) is 31.4 Å². The molecule has 0 bridgehead atoms. The van der Waals surface area contributed by atoms with Crippen molar-refractivity contribution in [3.63, 3.8) is 0 Å². The van der Waals surface area contributed by atoms with Gasteiger partial charge in [-0.2, -0.15) is 9.97 Å². The van der Waals surface area contributed by atoms with Gasteiger partial charge in [0.25, 0.3) is 0 Å². The summed E-state index contributed by atoms with van der Waals surface area (Å²) in [5.41, 5.74) is 6.05. The van der Waals surface area contributed by atoms with Gasteiger partial charge in [-0.3, -0.25) is 9.78 Å². The lowest BCUT2D eigenvalue weighted by atomic mass is 9.97. The van der Waals surface area contributed by atoms with E-state index in [2.05, 4.69) is 30.6 Å². The highest BCUT2D eigenvalue weighted by Gasteiger charge is 2.26. The summed E-state index contributed by atoms with van der Waals surface area (Å²) in [5.74, 6) is 1.14. The molecule has 0 aliphatic carbocycles. The number of piperidine rings is 1. The number of nitrogens with zero attached hydrogens (tertiary/aromatic N) is 5. The highest BCUT2D eigenvalue weighted by molar-refractivity contribution is 5.85. The summed E-state index contributed by atoms with van der Waals surface area (Å²) < 4.78 is 14.2. The van der Waals surface area contributed by atoms with Crippen molar-refractivity contribution in [1.29, 1.82) is 0 Å². The van der Waals surface area contributed by atoms with Crippen molar-refractivity contribution < 1.29 is 9.18 Å². The van der Waals surface area contributed by atoms with E-state index in [-0.39, 0.29) is 36.1 Å². The average molecular weight is 473 g/mol. The predicted octanol–water partition coefficient (Wildman–Crippen LogP) is 3.45. The first-order chi connectivity index (χ1) is 15.5. The minimum atomic E-state index is -0.365. The molecule has 1 aliphatic heterocycles. The number of anilines is 4. The fourth-order valence-electron chi connectivity index (χ4n) is 3.73. The van der Waals surface area contributed by atoms with Crippen molar-refractivity contribution in [3.8, 4) is 0 Å². The molecule has 2 aromatic heterocycles. The zero-order chi connectivity index (χ0) is 22.5. The molecular weight excluding hydrogens is 447 g/mol. The van der Waals surface area contributed by atoms with Gasteiger partial charge in [0, 0.05) is 37.1 Å². The van der Waals surface area contributed by atoms with E-state index in [1.165, 1.54) is 6.07 Å². The molecule has 1 fully saturated rings. The Hall–Kier alpha value is -3.53. The fraction of sp³-hybridized carbons (Fsp3) is 0.318. The van der Waals surface area contributed by atoms with Crippen molar-refractivity contribution in [2.45, 2.75) is 25.8 Å². The maximum Gasteiger partial charge on any atom is 0.227 e. The standard InChI is InChI=1S/C22H25FN8O.ClH/c1-14(16-6-2-3-7-17(16)23)27-22-29-18(28-19-12-25-8-9-26-19)11-20(30-22)31-10-4-5-15(13-31)21(24)32;/h2-3,6-9,11-12,14-15H,4-5,10,13H2,1H3,(H2,24,32)(H2,26,27,28,29,30);1H/t14-,15?;/m0./s1. The van der Waals surface area contributed by atoms with Crippen molar-refractivity contribution in [3.05, 3.63) is 60.3 Å². The zero-order valence-corrected chi connectivity index (χ0v) is 18.9. The molecule has 1 aromatic carbocycles. The molecule has 3 heterocycles. The molecule has 2 atom stereocenters. The molecule has 0 spiro atoms. The number of halogens is 2. The second-order valence-electron chi connectivity index (χ2n) is 7.73. The summed E-state index contributed by atoms with van der Waals surface area (Å²) >= 11 is 0. The molecule has 1 amide bonds. The van der Waals surface area contributed by atoms with Crippen molar-refractivity contribution in [2.24, 2.45) is 11.7 Å². The van der Waals surface area contributed by atoms with Crippen LogP contribution in [-0.2, 0) is 4.79 Å². The van der Waals surface area contributed by atoms with E-state index in [4.69, 9.17) is 5.73 Å². The molecule has 4 N–H and O–H groups in total. The number of hydrogen-bond acceptors (Lipinski definition) is 8. The third-order valence-corrected chi connectivity index (χ3v) is 5.40. The van der Waals surface area contributed by atoms with Gasteiger partial charge in [0.05, 0.1) is 18.2 Å². The predicted molar refractivity (Wildman–Crippen MR) is 127 cm³/mol. The lowest BCUT2D eigenvalue weighted by Gasteiger charge is -2.32. The van der Waals surface area contributed by atoms with Gasteiger partial charge in [0.15, 0.2) is 0 Å². The number of amides is 1. The van der Waals surface area contributed by atoms with Crippen LogP contribution in [0.4, 0.5) is 27.8 Å². The topological polar surface area (TPSA) is 122 Å². The van der Waals surface area contributed by atoms with Gasteiger partial charge in [0.2, 0.25) is 11.9 Å². The molecule has 1 aliphatic rings. The quantitative estimate of drug-likeness (QED) is 0.478. The van der Waals surface area contributed by atoms with Gasteiger partial charge in [0.1, 0.15) is 23.3 Å². The Morgan fingerprint density at radius 3 is 2.79 bits per heavy atom. The molecule has 11 heteroatoms. The highest BCUT2D eigenvalue weighted by atomic mass is 35.5. The Labute approximate surface area is 197 Å². The second-order valence-corrected chi connectivity index (χ2v) is 7.73. The number of hydrogen-bond donors (Lipinski definition) is 3. The van der Waals surface area contributed by atoms with Gasteiger partial charge < -0.3 is 21.3 Å². The number of carbonyl (C=O) groups excluding carboxylic acids is 1. The second kappa shape index (κ2) is 10.9. The first kappa shape index (κ1) is 24.1. The van der Waals surface area contributed by atoms with Crippen LogP contribution in [0.3, 0.4) is 0 Å². The SMILES string of the molecule is C[C@H](Nc1nc(Nc2cnccn2)cc(N2CCCC(C(N)=O)C2)n1)c1ccccc1F.Cl. The minimum absolute atomic E-state index is 0. The number of aromatic nitrogens is 4. The summed E-state index contributed by atoms with van der Waals surface area (Å²) in [6.45, 7) is 3.07. The fourth-order valence-corrected chi connectivity index (χ4v) is 3.73. The molecule has 3 aromatic rings. The van der Waals surface area contributed by atoms with E-state index in [0.29, 0.717) is 35.5 Å². The summed E-state index contributed by atoms with van der Waals surface area (Å²) in [4.78, 5) is 31.2. The Kier molecular flexibility index (Phi) is 7.94. The Balaban J connectivity index is 0.00000306. The Morgan fingerprint density at radius 1 is 1.24 bits per heavy atom. The third kappa shape index (κ3) is 6.04. The normalized spacial score (nSPS) is 16.4. The van der Waals surface area contributed by atoms with Crippen molar-refractivity contribution in [2.75, 3.05) is 28.6 Å². The van der Waals surface area contributed by atoms with Crippen LogP contribution >= 0.6 is 12.4 Å². The number of nitrogens with two attached hydrogens (primary N) is 1. The van der Waals surface area contributed by atoms with Crippen LogP contribution in [0.5, 0.6) is 0 Å². The molecule has 9 nitrogen and oxygen atoms in total. The lowest BCUT2D eigenvalue weighted by Crippen LogP contribution is -2.41. The molecule has 1 unspecified atom stereocenters. The van der Waals surface area contributed by atoms with Crippen LogP contribution in [-0.4, -0.2) is 38.9 Å². The largest absolute Gasteiger partial charge is 0.369 e. The Bertz CT molecular complexity index is 1090. The van der Waals surface area contributed by atoms with Crippen LogP contribution in [0, 0.1) is 11.7 Å². The van der Waals surface area contributed by atoms with Crippen molar-refractivity contribution >= 4 is 41.7 Å². The minimum Gasteiger partial charge on any atom is -0.369 e. The van der Waals surface area contributed by atoms with Gasteiger partial charge in [-0.25, -0.2) is 9.37 Å². The molecular formula is C22H26ClFN8O. The number of carbonyl (C=O) groups is 1. The smallest absolute Gasteiger partial charge is 0.227 e. The molecule has 0 radical (unpaired) electrons. The van der Waals surface area contributed by atoms with E-state index < -0.39 is 0 Å². The summed E-state index contributed by atoms with van der Waals surface area (Å²) in [5, 5.41) is 6.31. The van der Waals surface area contributed by atoms with Crippen LogP contribution < -0.4 is 21.3 Å². The first-order valence-corrected chi connectivity index (χ1v) is 10.5. The van der Waals surface area contributed by atoms with Gasteiger partial charge in [-0.05, 0) is 25.8 Å². The number of rotatable bonds is 7. The molecule has 0 saturated carbocycles. The first-order valence-electron chi connectivity index (χ1n) is 10.5. The average Bonchev–Trinajstić information content (AvgIpc) is 2.80. The van der Waals surface area contributed by atoms with Crippen LogP contribution in [0.25, 0.3) is 0 Å². The molecule has 33 heavy (non-hydrogen) atoms. The van der Waals surface area contributed by atoms with E-state index >= 15 is 0 Å². The van der Waals surface area contributed by atoms with Gasteiger partial charge in [-0.1, -0.05) is 18.2 Å². The highest BCUT2D eigenvalue weighted by Crippen LogP contribution is 2.27. The molecule has 174 valence electrons. The summed E-state index contributed by atoms with van der Waals surface area (Å²) in [6.07, 6.45) is 6.33. The summed E-state index contributed by atoms with van der Waals surface area (Å²) in [6, 6.07) is 8.00. The Morgan fingerprint density at radius 2 is 2.06 bits per heavy atom. The molecule has 4 rings (SSSR count). The summed E-state index contributed by atoms with van der Waals surface area (Å²) in [7, 11) is 0. The monoisotopic (exact) mass is 472 g/mol. The number of primary amides is 1. The van der Waals surface area contributed by atoms with E-state index in [1.54, 1.807) is 42.9 Å². The van der Waals surface area contributed by atoms with Gasteiger partial charge >= 0.3 is 0 Å². The van der Waals surface area contributed by atoms with E-state index in [0.717, 1.165) is 19.4 Å². The number of nitrogens with one attached hydrogen (secondary N) is 2.